The highest BCUT2D eigenvalue weighted by Gasteiger charge is 2.13. The molecule has 156 valence electrons. The van der Waals surface area contributed by atoms with Crippen LogP contribution in [0.2, 0.25) is 5.02 Å². The van der Waals surface area contributed by atoms with E-state index in [1.807, 2.05) is 54.6 Å². The maximum absolute atomic E-state index is 13.5. The summed E-state index contributed by atoms with van der Waals surface area (Å²) in [6.45, 7) is 0. The Hall–Kier alpha value is -3.89. The molecule has 0 radical (unpaired) electrons. The average molecular weight is 439 g/mol. The topological polar surface area (TPSA) is 44.1 Å². The summed E-state index contributed by atoms with van der Waals surface area (Å²) >= 11 is 6.36. The highest BCUT2D eigenvalue weighted by atomic mass is 35.5. The third-order valence-electron chi connectivity index (χ3n) is 5.43. The quantitative estimate of drug-likeness (QED) is 0.327. The lowest BCUT2D eigenvalue weighted by Crippen LogP contribution is -2.22. The van der Waals surface area contributed by atoms with Gasteiger partial charge in [0.05, 0.1) is 28.7 Å². The van der Waals surface area contributed by atoms with E-state index in [2.05, 4.69) is 18.2 Å². The van der Waals surface area contributed by atoms with Gasteiger partial charge in [-0.25, -0.2) is 4.98 Å². The molecule has 0 aliphatic rings. The molecule has 0 saturated heterocycles. The number of nitrogens with zero attached hydrogens (tertiary/aromatic N) is 2. The number of ether oxygens (including phenoxy) is 1. The van der Waals surface area contributed by atoms with Crippen molar-refractivity contribution in [3.05, 3.63) is 112 Å². The molecule has 0 bridgehead atoms. The molecule has 0 spiro atoms. The van der Waals surface area contributed by atoms with Crippen molar-refractivity contribution in [1.82, 2.24) is 9.55 Å². The number of benzene rings is 4. The van der Waals surface area contributed by atoms with E-state index < -0.39 is 0 Å². The van der Waals surface area contributed by atoms with E-state index in [9.17, 15) is 4.79 Å². The van der Waals surface area contributed by atoms with E-state index in [0.717, 1.165) is 16.3 Å². The van der Waals surface area contributed by atoms with Crippen molar-refractivity contribution in [2.75, 3.05) is 7.11 Å². The average Bonchev–Trinajstić information content (AvgIpc) is 2.83. The van der Waals surface area contributed by atoms with E-state index >= 15 is 0 Å². The third kappa shape index (κ3) is 3.55. The van der Waals surface area contributed by atoms with Crippen molar-refractivity contribution >= 4 is 45.4 Å². The lowest BCUT2D eigenvalue weighted by molar-refractivity contribution is 0.415. The van der Waals surface area contributed by atoms with Crippen LogP contribution >= 0.6 is 11.6 Å². The lowest BCUT2D eigenvalue weighted by Gasteiger charge is -2.13. The SMILES string of the molecule is COc1ccc(-n2c(C=Cc3cccc4ccccc34)nc3ccccc3c2=O)cc1Cl. The van der Waals surface area contributed by atoms with Gasteiger partial charge in [-0.2, -0.15) is 0 Å². The van der Waals surface area contributed by atoms with E-state index in [1.165, 1.54) is 0 Å². The Bertz CT molecular complexity index is 1550. The molecule has 5 rings (SSSR count). The molecule has 0 aliphatic heterocycles. The summed E-state index contributed by atoms with van der Waals surface area (Å²) in [7, 11) is 1.56. The van der Waals surface area contributed by atoms with Crippen molar-refractivity contribution in [3.63, 3.8) is 0 Å². The molecular formula is C27H19ClN2O2. The summed E-state index contributed by atoms with van der Waals surface area (Å²) in [5, 5.41) is 3.25. The first-order valence-corrected chi connectivity index (χ1v) is 10.5. The number of hydrogen-bond acceptors (Lipinski definition) is 3. The Labute approximate surface area is 190 Å². The van der Waals surface area contributed by atoms with Crippen LogP contribution in [0.5, 0.6) is 5.75 Å². The number of hydrogen-bond donors (Lipinski definition) is 0. The van der Waals surface area contributed by atoms with Gasteiger partial charge in [0.15, 0.2) is 0 Å². The maximum Gasteiger partial charge on any atom is 0.266 e. The number of halogens is 1. The van der Waals surface area contributed by atoms with Crippen molar-refractivity contribution in [2.24, 2.45) is 0 Å². The Morgan fingerprint density at radius 2 is 1.62 bits per heavy atom. The van der Waals surface area contributed by atoms with E-state index in [-0.39, 0.29) is 5.56 Å². The summed E-state index contributed by atoms with van der Waals surface area (Å²) in [6, 6.07) is 27.0. The first-order valence-electron chi connectivity index (χ1n) is 10.2. The zero-order valence-corrected chi connectivity index (χ0v) is 18.1. The van der Waals surface area contributed by atoms with Gasteiger partial charge in [-0.15, -0.1) is 0 Å². The van der Waals surface area contributed by atoms with Gasteiger partial charge in [-0.05, 0) is 52.7 Å². The van der Waals surface area contributed by atoms with Crippen LogP contribution in [-0.4, -0.2) is 16.7 Å². The molecule has 4 aromatic carbocycles. The van der Waals surface area contributed by atoms with Crippen molar-refractivity contribution in [2.45, 2.75) is 0 Å². The van der Waals surface area contributed by atoms with E-state index in [4.69, 9.17) is 21.3 Å². The van der Waals surface area contributed by atoms with Crippen LogP contribution in [0.25, 0.3) is 39.5 Å². The van der Waals surface area contributed by atoms with Gasteiger partial charge in [0, 0.05) is 0 Å². The standard InChI is InChI=1S/C27H19ClN2O2/c1-32-25-15-14-20(17-23(25)28)30-26(29-24-12-5-4-11-22(24)27(30)31)16-13-19-9-6-8-18-7-2-3-10-21(18)19/h2-17H,1H3. The largest absolute Gasteiger partial charge is 0.495 e. The van der Waals surface area contributed by atoms with Crippen molar-refractivity contribution in [1.29, 1.82) is 0 Å². The monoisotopic (exact) mass is 438 g/mol. The molecule has 4 nitrogen and oxygen atoms in total. The number of aromatic nitrogens is 2. The molecule has 0 fully saturated rings. The zero-order chi connectivity index (χ0) is 22.1. The molecule has 32 heavy (non-hydrogen) atoms. The summed E-state index contributed by atoms with van der Waals surface area (Å²) in [5.74, 6) is 1.06. The Morgan fingerprint density at radius 1 is 0.875 bits per heavy atom. The minimum atomic E-state index is -0.158. The molecule has 0 saturated carbocycles. The second-order valence-corrected chi connectivity index (χ2v) is 7.76. The first kappa shape index (κ1) is 20.0. The number of rotatable bonds is 4. The van der Waals surface area contributed by atoms with Crippen LogP contribution in [0.3, 0.4) is 0 Å². The molecule has 1 aromatic heterocycles. The molecule has 0 atom stereocenters. The van der Waals surface area contributed by atoms with Crippen LogP contribution in [0.15, 0.2) is 89.7 Å². The molecule has 0 unspecified atom stereocenters. The van der Waals surface area contributed by atoms with Gasteiger partial charge >= 0.3 is 0 Å². The van der Waals surface area contributed by atoms with Crippen LogP contribution in [-0.2, 0) is 0 Å². The Kier molecular flexibility index (Phi) is 5.21. The van der Waals surface area contributed by atoms with Gasteiger partial charge in [-0.1, -0.05) is 72.3 Å². The predicted molar refractivity (Wildman–Crippen MR) is 132 cm³/mol. The van der Waals surface area contributed by atoms with E-state index in [1.54, 1.807) is 35.9 Å². The fraction of sp³-hybridized carbons (Fsp3) is 0.0370. The first-order chi connectivity index (χ1) is 15.7. The molecule has 1 heterocycles. The minimum Gasteiger partial charge on any atom is -0.495 e. The summed E-state index contributed by atoms with van der Waals surface area (Å²) in [5.41, 5.74) is 2.15. The lowest BCUT2D eigenvalue weighted by atomic mass is 10.0. The number of methoxy groups -OCH3 is 1. The molecule has 0 amide bonds. The highest BCUT2D eigenvalue weighted by Crippen LogP contribution is 2.27. The third-order valence-corrected chi connectivity index (χ3v) is 5.73. The highest BCUT2D eigenvalue weighted by molar-refractivity contribution is 6.32. The summed E-state index contributed by atoms with van der Waals surface area (Å²) in [6.07, 6.45) is 3.86. The molecule has 5 heteroatoms. The smallest absolute Gasteiger partial charge is 0.266 e. The number of fused-ring (bicyclic) bond motifs is 2. The van der Waals surface area contributed by atoms with Gasteiger partial charge in [0.25, 0.3) is 5.56 Å². The van der Waals surface area contributed by atoms with Gasteiger partial charge < -0.3 is 4.74 Å². The summed E-state index contributed by atoms with van der Waals surface area (Å²) < 4.78 is 6.84. The van der Waals surface area contributed by atoms with Crippen LogP contribution in [0, 0.1) is 0 Å². The van der Waals surface area contributed by atoms with Gasteiger partial charge in [0.2, 0.25) is 0 Å². The molecular weight excluding hydrogens is 420 g/mol. The number of para-hydroxylation sites is 1. The molecule has 0 N–H and O–H groups in total. The molecule has 0 aliphatic carbocycles. The predicted octanol–water partition coefficient (Wildman–Crippen LogP) is 6.37. The second kappa shape index (κ2) is 8.33. The van der Waals surface area contributed by atoms with Crippen LogP contribution < -0.4 is 10.3 Å². The second-order valence-electron chi connectivity index (χ2n) is 7.35. The summed E-state index contributed by atoms with van der Waals surface area (Å²) in [4.78, 5) is 18.2. The fourth-order valence-electron chi connectivity index (χ4n) is 3.87. The Balaban J connectivity index is 1.73. The maximum atomic E-state index is 13.5. The van der Waals surface area contributed by atoms with Gasteiger partial charge in [0.1, 0.15) is 11.6 Å². The van der Waals surface area contributed by atoms with E-state index in [0.29, 0.717) is 33.2 Å². The zero-order valence-electron chi connectivity index (χ0n) is 17.3. The Morgan fingerprint density at radius 3 is 2.44 bits per heavy atom. The fourth-order valence-corrected chi connectivity index (χ4v) is 4.12. The minimum absolute atomic E-state index is 0.158. The van der Waals surface area contributed by atoms with Crippen molar-refractivity contribution in [3.8, 4) is 11.4 Å². The van der Waals surface area contributed by atoms with Crippen molar-refractivity contribution < 1.29 is 4.74 Å². The normalized spacial score (nSPS) is 11.4. The van der Waals surface area contributed by atoms with Crippen LogP contribution in [0.4, 0.5) is 0 Å². The molecule has 5 aromatic rings. The van der Waals surface area contributed by atoms with Crippen LogP contribution in [0.1, 0.15) is 11.4 Å². The van der Waals surface area contributed by atoms with Gasteiger partial charge in [-0.3, -0.25) is 9.36 Å².